The maximum absolute atomic E-state index is 11.3. The van der Waals surface area contributed by atoms with Gasteiger partial charge in [0.25, 0.3) is 0 Å². The molecule has 0 saturated heterocycles. The van der Waals surface area contributed by atoms with E-state index < -0.39 is 18.0 Å². The molecule has 0 bridgehead atoms. The van der Waals surface area contributed by atoms with Gasteiger partial charge in [-0.05, 0) is 18.5 Å². The van der Waals surface area contributed by atoms with E-state index in [2.05, 4.69) is 24.8 Å². The van der Waals surface area contributed by atoms with E-state index in [1.807, 2.05) is 0 Å². The highest BCUT2D eigenvalue weighted by atomic mass is 35.5. The van der Waals surface area contributed by atoms with E-state index in [9.17, 15) is 9.59 Å². The zero-order valence-corrected chi connectivity index (χ0v) is 10.8. The van der Waals surface area contributed by atoms with Gasteiger partial charge in [0.05, 0.1) is 14.2 Å². The Labute approximate surface area is 108 Å². The molecule has 0 fully saturated rings. The standard InChI is InChI=1S/C10H12ClN3O4/c1-5(8(15)17-2)12-7-4-6(9(16)18-3)13-10(11)14-7/h4-5H,1-3H3,(H,12,13,14)/t5-/m0/s1. The number of anilines is 1. The van der Waals surface area contributed by atoms with E-state index in [0.29, 0.717) is 0 Å². The molecule has 18 heavy (non-hydrogen) atoms. The lowest BCUT2D eigenvalue weighted by molar-refractivity contribution is -0.141. The van der Waals surface area contributed by atoms with Crippen LogP contribution in [-0.4, -0.2) is 42.2 Å². The molecule has 1 heterocycles. The van der Waals surface area contributed by atoms with Crippen molar-refractivity contribution in [2.45, 2.75) is 13.0 Å². The Morgan fingerprint density at radius 2 is 2.00 bits per heavy atom. The number of hydrogen-bond donors (Lipinski definition) is 1. The Bertz CT molecular complexity index is 466. The van der Waals surface area contributed by atoms with Gasteiger partial charge in [0.1, 0.15) is 11.9 Å². The van der Waals surface area contributed by atoms with Crippen molar-refractivity contribution in [2.75, 3.05) is 19.5 Å². The first kappa shape index (κ1) is 14.2. The average molecular weight is 274 g/mol. The Morgan fingerprint density at radius 1 is 1.33 bits per heavy atom. The number of halogens is 1. The van der Waals surface area contributed by atoms with Crippen LogP contribution >= 0.6 is 11.6 Å². The predicted molar refractivity (Wildman–Crippen MR) is 63.5 cm³/mol. The molecule has 0 unspecified atom stereocenters. The molecule has 0 aromatic carbocycles. The molecule has 1 rings (SSSR count). The number of nitrogens with zero attached hydrogens (tertiary/aromatic N) is 2. The zero-order chi connectivity index (χ0) is 13.7. The number of esters is 2. The van der Waals surface area contributed by atoms with Crippen LogP contribution in [0.25, 0.3) is 0 Å². The fraction of sp³-hybridized carbons (Fsp3) is 0.400. The van der Waals surface area contributed by atoms with E-state index >= 15 is 0 Å². The van der Waals surface area contributed by atoms with Crippen molar-refractivity contribution in [1.29, 1.82) is 0 Å². The number of nitrogens with one attached hydrogen (secondary N) is 1. The number of rotatable bonds is 4. The molecule has 7 nitrogen and oxygen atoms in total. The summed E-state index contributed by atoms with van der Waals surface area (Å²) in [6.07, 6.45) is 0. The lowest BCUT2D eigenvalue weighted by Crippen LogP contribution is -2.27. The van der Waals surface area contributed by atoms with Gasteiger partial charge in [-0.2, -0.15) is 0 Å². The third kappa shape index (κ3) is 3.56. The largest absolute Gasteiger partial charge is 0.467 e. The fourth-order valence-corrected chi connectivity index (χ4v) is 1.34. The molecule has 98 valence electrons. The molecule has 1 aromatic heterocycles. The van der Waals surface area contributed by atoms with Gasteiger partial charge < -0.3 is 14.8 Å². The van der Waals surface area contributed by atoms with Crippen molar-refractivity contribution in [3.8, 4) is 0 Å². The SMILES string of the molecule is COC(=O)c1cc(N[C@@H](C)C(=O)OC)nc(Cl)n1. The van der Waals surface area contributed by atoms with Crippen LogP contribution in [0.4, 0.5) is 5.82 Å². The summed E-state index contributed by atoms with van der Waals surface area (Å²) < 4.78 is 9.06. The third-order valence-electron chi connectivity index (χ3n) is 2.01. The van der Waals surface area contributed by atoms with E-state index in [-0.39, 0.29) is 16.8 Å². The second-order valence-electron chi connectivity index (χ2n) is 3.29. The van der Waals surface area contributed by atoms with Crippen molar-refractivity contribution in [1.82, 2.24) is 9.97 Å². The Morgan fingerprint density at radius 3 is 2.56 bits per heavy atom. The van der Waals surface area contributed by atoms with Crippen LogP contribution in [0, 0.1) is 0 Å². The van der Waals surface area contributed by atoms with E-state index in [1.54, 1.807) is 6.92 Å². The van der Waals surface area contributed by atoms with Gasteiger partial charge in [-0.15, -0.1) is 0 Å². The molecule has 0 aliphatic heterocycles. The summed E-state index contributed by atoms with van der Waals surface area (Å²) in [6, 6.07) is 0.698. The first-order chi connectivity index (χ1) is 8.47. The van der Waals surface area contributed by atoms with Crippen LogP contribution < -0.4 is 5.32 Å². The van der Waals surface area contributed by atoms with Crippen molar-refractivity contribution < 1.29 is 19.1 Å². The average Bonchev–Trinajstić information content (AvgIpc) is 2.35. The highest BCUT2D eigenvalue weighted by Crippen LogP contribution is 2.12. The number of hydrogen-bond acceptors (Lipinski definition) is 7. The summed E-state index contributed by atoms with van der Waals surface area (Å²) in [5, 5.41) is 2.61. The molecule has 0 spiro atoms. The van der Waals surface area contributed by atoms with Crippen LogP contribution in [0.3, 0.4) is 0 Å². The molecule has 0 radical (unpaired) electrons. The van der Waals surface area contributed by atoms with Crippen LogP contribution in [0.1, 0.15) is 17.4 Å². The molecular weight excluding hydrogens is 262 g/mol. The predicted octanol–water partition coefficient (Wildman–Crippen LogP) is 0.890. The van der Waals surface area contributed by atoms with Gasteiger partial charge in [-0.25, -0.2) is 19.6 Å². The molecule has 0 saturated carbocycles. The molecular formula is C10H12ClN3O4. The van der Waals surface area contributed by atoms with Crippen LogP contribution in [0.2, 0.25) is 5.28 Å². The molecule has 0 aliphatic carbocycles. The normalized spacial score (nSPS) is 11.6. The molecule has 1 atom stereocenters. The Balaban J connectivity index is 2.93. The molecule has 8 heteroatoms. The highest BCUT2D eigenvalue weighted by molar-refractivity contribution is 6.28. The summed E-state index contributed by atoms with van der Waals surface area (Å²) >= 11 is 5.66. The number of methoxy groups -OCH3 is 2. The van der Waals surface area contributed by atoms with Crippen LogP contribution in [-0.2, 0) is 14.3 Å². The van der Waals surface area contributed by atoms with Crippen molar-refractivity contribution in [3.63, 3.8) is 0 Å². The molecule has 1 N–H and O–H groups in total. The van der Waals surface area contributed by atoms with E-state index in [4.69, 9.17) is 11.6 Å². The molecule has 0 amide bonds. The minimum atomic E-state index is -0.645. The number of aromatic nitrogens is 2. The second-order valence-corrected chi connectivity index (χ2v) is 3.63. The van der Waals surface area contributed by atoms with Gasteiger partial charge >= 0.3 is 11.9 Å². The monoisotopic (exact) mass is 273 g/mol. The Hall–Kier alpha value is -1.89. The maximum Gasteiger partial charge on any atom is 0.356 e. The summed E-state index contributed by atoms with van der Waals surface area (Å²) in [4.78, 5) is 30.1. The van der Waals surface area contributed by atoms with Crippen molar-refractivity contribution in [2.24, 2.45) is 0 Å². The van der Waals surface area contributed by atoms with Crippen molar-refractivity contribution >= 4 is 29.4 Å². The van der Waals surface area contributed by atoms with Gasteiger partial charge in [0.2, 0.25) is 5.28 Å². The number of carbonyl (C=O) groups is 2. The molecule has 0 aliphatic rings. The Kier molecular flexibility index (Phi) is 4.85. The topological polar surface area (TPSA) is 90.4 Å². The zero-order valence-electron chi connectivity index (χ0n) is 10.1. The first-order valence-corrected chi connectivity index (χ1v) is 5.33. The van der Waals surface area contributed by atoms with Gasteiger partial charge in [0.15, 0.2) is 5.69 Å². The number of ether oxygens (including phenoxy) is 2. The highest BCUT2D eigenvalue weighted by Gasteiger charge is 2.16. The smallest absolute Gasteiger partial charge is 0.356 e. The van der Waals surface area contributed by atoms with Gasteiger partial charge in [0, 0.05) is 6.07 Å². The number of carbonyl (C=O) groups excluding carboxylic acids is 2. The summed E-state index contributed by atoms with van der Waals surface area (Å²) in [5.41, 5.74) is -0.00272. The van der Waals surface area contributed by atoms with Crippen LogP contribution in [0.15, 0.2) is 6.07 Å². The van der Waals surface area contributed by atoms with Crippen molar-refractivity contribution in [3.05, 3.63) is 17.0 Å². The van der Waals surface area contributed by atoms with Gasteiger partial charge in [-0.1, -0.05) is 0 Å². The third-order valence-corrected chi connectivity index (χ3v) is 2.18. The lowest BCUT2D eigenvalue weighted by atomic mass is 10.3. The van der Waals surface area contributed by atoms with E-state index in [1.165, 1.54) is 20.3 Å². The van der Waals surface area contributed by atoms with E-state index in [0.717, 1.165) is 0 Å². The minimum absolute atomic E-state index is 0.00272. The molecule has 1 aromatic rings. The summed E-state index contributed by atoms with van der Waals surface area (Å²) in [6.45, 7) is 1.58. The van der Waals surface area contributed by atoms with Crippen LogP contribution in [0.5, 0.6) is 0 Å². The second kappa shape index (κ2) is 6.15. The fourth-order valence-electron chi connectivity index (χ4n) is 1.16. The summed E-state index contributed by atoms with van der Waals surface area (Å²) in [7, 11) is 2.50. The first-order valence-electron chi connectivity index (χ1n) is 4.95. The quantitative estimate of drug-likeness (QED) is 0.643. The maximum atomic E-state index is 11.3. The van der Waals surface area contributed by atoms with Gasteiger partial charge in [-0.3, -0.25) is 0 Å². The summed E-state index contributed by atoms with van der Waals surface area (Å²) in [5.74, 6) is -0.884. The minimum Gasteiger partial charge on any atom is -0.467 e. The lowest BCUT2D eigenvalue weighted by Gasteiger charge is -2.12.